The summed E-state index contributed by atoms with van der Waals surface area (Å²) in [7, 11) is 0. The van der Waals surface area contributed by atoms with E-state index in [-0.39, 0.29) is 5.56 Å². The molecule has 0 fully saturated rings. The van der Waals surface area contributed by atoms with E-state index in [0.29, 0.717) is 12.4 Å². The Labute approximate surface area is 111 Å². The van der Waals surface area contributed by atoms with E-state index < -0.39 is 5.97 Å². The summed E-state index contributed by atoms with van der Waals surface area (Å²) in [6.45, 7) is 0.383. The van der Waals surface area contributed by atoms with Crippen LogP contribution >= 0.6 is 27.3 Å². The molecule has 0 saturated carbocycles. The van der Waals surface area contributed by atoms with Crippen LogP contribution in [0.1, 0.15) is 15.2 Å². The third-order valence-corrected chi connectivity index (χ3v) is 3.47. The Hall–Kier alpha value is -1.33. The second-order valence-electron chi connectivity index (χ2n) is 3.31. The van der Waals surface area contributed by atoms with E-state index in [1.165, 1.54) is 6.07 Å². The van der Waals surface area contributed by atoms with Gasteiger partial charge in [0.1, 0.15) is 17.9 Å². The van der Waals surface area contributed by atoms with Crippen LogP contribution in [-0.4, -0.2) is 11.1 Å². The fourth-order valence-electron chi connectivity index (χ4n) is 1.34. The monoisotopic (exact) mass is 312 g/mol. The van der Waals surface area contributed by atoms with Gasteiger partial charge in [-0.2, -0.15) is 0 Å². The molecule has 5 heteroatoms. The number of hydrogen-bond acceptors (Lipinski definition) is 3. The second kappa shape index (κ2) is 5.33. The van der Waals surface area contributed by atoms with Crippen molar-refractivity contribution in [2.75, 3.05) is 0 Å². The standard InChI is InChI=1S/C12H9BrO3S/c13-8-3-4-10(12(14)15)11(6-8)16-7-9-2-1-5-17-9/h1-6H,7H2,(H,14,15). The average molecular weight is 313 g/mol. The maximum Gasteiger partial charge on any atom is 0.339 e. The molecular formula is C12H9BrO3S. The number of hydrogen-bond donors (Lipinski definition) is 1. The molecule has 1 heterocycles. The third kappa shape index (κ3) is 3.08. The van der Waals surface area contributed by atoms with Crippen LogP contribution in [0.3, 0.4) is 0 Å². The Balaban J connectivity index is 2.19. The number of carboxylic acids is 1. The Morgan fingerprint density at radius 1 is 1.41 bits per heavy atom. The first kappa shape index (κ1) is 12.1. The number of benzene rings is 1. The number of ether oxygens (including phenoxy) is 1. The number of aromatic carboxylic acids is 1. The lowest BCUT2D eigenvalue weighted by Gasteiger charge is -2.08. The summed E-state index contributed by atoms with van der Waals surface area (Å²) < 4.78 is 6.32. The lowest BCUT2D eigenvalue weighted by Crippen LogP contribution is -2.02. The summed E-state index contributed by atoms with van der Waals surface area (Å²) in [6.07, 6.45) is 0. The van der Waals surface area contributed by atoms with Gasteiger partial charge >= 0.3 is 5.97 Å². The average Bonchev–Trinajstić information content (AvgIpc) is 2.78. The first-order valence-electron chi connectivity index (χ1n) is 4.85. The minimum atomic E-state index is -0.987. The third-order valence-electron chi connectivity index (χ3n) is 2.12. The molecule has 1 aromatic heterocycles. The minimum absolute atomic E-state index is 0.171. The Morgan fingerprint density at radius 3 is 2.88 bits per heavy atom. The molecule has 2 rings (SSSR count). The largest absolute Gasteiger partial charge is 0.487 e. The van der Waals surface area contributed by atoms with Crippen molar-refractivity contribution < 1.29 is 14.6 Å². The van der Waals surface area contributed by atoms with Crippen LogP contribution in [0.25, 0.3) is 0 Å². The molecule has 0 amide bonds. The number of carboxylic acid groups (broad SMARTS) is 1. The highest BCUT2D eigenvalue weighted by atomic mass is 79.9. The summed E-state index contributed by atoms with van der Waals surface area (Å²) >= 11 is 4.87. The molecule has 0 saturated heterocycles. The molecule has 0 bridgehead atoms. The lowest BCUT2D eigenvalue weighted by atomic mass is 10.2. The van der Waals surface area contributed by atoms with Crippen molar-refractivity contribution in [1.29, 1.82) is 0 Å². The van der Waals surface area contributed by atoms with Crippen LogP contribution in [0.5, 0.6) is 5.75 Å². The fraction of sp³-hybridized carbons (Fsp3) is 0.0833. The zero-order chi connectivity index (χ0) is 12.3. The summed E-state index contributed by atoms with van der Waals surface area (Å²) in [5, 5.41) is 11.0. The molecule has 88 valence electrons. The molecule has 0 atom stereocenters. The van der Waals surface area contributed by atoms with Crippen LogP contribution in [0.15, 0.2) is 40.2 Å². The molecular weight excluding hydrogens is 304 g/mol. The van der Waals surface area contributed by atoms with Gasteiger partial charge in [0.25, 0.3) is 0 Å². The van der Waals surface area contributed by atoms with Crippen molar-refractivity contribution in [1.82, 2.24) is 0 Å². The van der Waals surface area contributed by atoms with Crippen molar-refractivity contribution in [2.45, 2.75) is 6.61 Å². The van der Waals surface area contributed by atoms with Crippen molar-refractivity contribution in [3.05, 3.63) is 50.6 Å². The van der Waals surface area contributed by atoms with Gasteiger partial charge in [-0.3, -0.25) is 0 Å². The number of thiophene rings is 1. The van der Waals surface area contributed by atoms with E-state index >= 15 is 0 Å². The van der Waals surface area contributed by atoms with Crippen LogP contribution < -0.4 is 4.74 Å². The van der Waals surface area contributed by atoms with Crippen LogP contribution in [-0.2, 0) is 6.61 Å². The number of rotatable bonds is 4. The van der Waals surface area contributed by atoms with Gasteiger partial charge in [-0.15, -0.1) is 11.3 Å². The second-order valence-corrected chi connectivity index (χ2v) is 5.26. The van der Waals surface area contributed by atoms with Crippen LogP contribution in [0.2, 0.25) is 0 Å². The molecule has 0 unspecified atom stereocenters. The van der Waals surface area contributed by atoms with Crippen molar-refractivity contribution in [2.24, 2.45) is 0 Å². The Kier molecular flexibility index (Phi) is 3.81. The molecule has 0 radical (unpaired) electrons. The predicted molar refractivity (Wildman–Crippen MR) is 69.8 cm³/mol. The smallest absolute Gasteiger partial charge is 0.339 e. The first-order chi connectivity index (χ1) is 8.16. The van der Waals surface area contributed by atoms with Crippen molar-refractivity contribution in [3.8, 4) is 5.75 Å². The van der Waals surface area contributed by atoms with E-state index in [1.807, 2.05) is 17.5 Å². The highest BCUT2D eigenvalue weighted by Crippen LogP contribution is 2.25. The number of carbonyl (C=O) groups is 1. The first-order valence-corrected chi connectivity index (χ1v) is 6.52. The van der Waals surface area contributed by atoms with Gasteiger partial charge in [-0.05, 0) is 29.6 Å². The van der Waals surface area contributed by atoms with Crippen LogP contribution in [0, 0.1) is 0 Å². The molecule has 0 aliphatic carbocycles. The quantitative estimate of drug-likeness (QED) is 0.934. The van der Waals surface area contributed by atoms with Crippen molar-refractivity contribution >= 4 is 33.2 Å². The predicted octanol–water partition coefficient (Wildman–Crippen LogP) is 3.79. The summed E-state index contributed by atoms with van der Waals surface area (Å²) in [4.78, 5) is 12.1. The van der Waals surface area contributed by atoms with Gasteiger partial charge in [0.05, 0.1) is 0 Å². The minimum Gasteiger partial charge on any atom is -0.487 e. The van der Waals surface area contributed by atoms with E-state index in [2.05, 4.69) is 15.9 Å². The highest BCUT2D eigenvalue weighted by Gasteiger charge is 2.11. The van der Waals surface area contributed by atoms with E-state index in [9.17, 15) is 4.79 Å². The van der Waals surface area contributed by atoms with Gasteiger partial charge in [0.15, 0.2) is 0 Å². The zero-order valence-corrected chi connectivity index (χ0v) is 11.1. The maximum atomic E-state index is 11.0. The molecule has 1 N–H and O–H groups in total. The van der Waals surface area contributed by atoms with Gasteiger partial charge in [-0.25, -0.2) is 4.79 Å². The molecule has 17 heavy (non-hydrogen) atoms. The molecule has 2 aromatic rings. The van der Waals surface area contributed by atoms with E-state index in [1.54, 1.807) is 23.5 Å². The van der Waals surface area contributed by atoms with Crippen LogP contribution in [0.4, 0.5) is 0 Å². The van der Waals surface area contributed by atoms with Gasteiger partial charge in [-0.1, -0.05) is 22.0 Å². The van der Waals surface area contributed by atoms with Crippen molar-refractivity contribution in [3.63, 3.8) is 0 Å². The molecule has 1 aromatic carbocycles. The topological polar surface area (TPSA) is 46.5 Å². The molecule has 0 spiro atoms. The SMILES string of the molecule is O=C(O)c1ccc(Br)cc1OCc1cccs1. The normalized spacial score (nSPS) is 10.2. The Bertz CT molecular complexity index is 523. The van der Waals surface area contributed by atoms with Gasteiger partial charge in [0.2, 0.25) is 0 Å². The summed E-state index contributed by atoms with van der Waals surface area (Å²) in [5.41, 5.74) is 0.171. The zero-order valence-electron chi connectivity index (χ0n) is 8.72. The molecule has 0 aliphatic rings. The van der Waals surface area contributed by atoms with Gasteiger partial charge in [0, 0.05) is 9.35 Å². The maximum absolute atomic E-state index is 11.0. The summed E-state index contributed by atoms with van der Waals surface area (Å²) in [6, 6.07) is 8.75. The number of halogens is 1. The Morgan fingerprint density at radius 2 is 2.24 bits per heavy atom. The highest BCUT2D eigenvalue weighted by molar-refractivity contribution is 9.10. The van der Waals surface area contributed by atoms with E-state index in [0.717, 1.165) is 9.35 Å². The molecule has 3 nitrogen and oxygen atoms in total. The van der Waals surface area contributed by atoms with Gasteiger partial charge < -0.3 is 9.84 Å². The fourth-order valence-corrected chi connectivity index (χ4v) is 2.29. The van der Waals surface area contributed by atoms with E-state index in [4.69, 9.17) is 9.84 Å². The lowest BCUT2D eigenvalue weighted by molar-refractivity contribution is 0.0692. The molecule has 0 aliphatic heterocycles. The summed E-state index contributed by atoms with van der Waals surface area (Å²) in [5.74, 6) is -0.612.